The Morgan fingerprint density at radius 1 is 1.35 bits per heavy atom. The Balaban J connectivity index is 1.76. The minimum absolute atomic E-state index is 0.0286. The molecule has 1 aliphatic rings. The molecule has 110 valence electrons. The number of unbranched alkanes of at least 4 members (excludes halogenated alkanes) is 1. The van der Waals surface area contributed by atoms with Crippen molar-refractivity contribution in [2.45, 2.75) is 32.6 Å². The first-order valence-corrected chi connectivity index (χ1v) is 7.24. The summed E-state index contributed by atoms with van der Waals surface area (Å²) in [7, 11) is 0. The van der Waals surface area contributed by atoms with Gasteiger partial charge in [-0.05, 0) is 30.5 Å². The fourth-order valence-corrected chi connectivity index (χ4v) is 2.19. The highest BCUT2D eigenvalue weighted by molar-refractivity contribution is 6.00. The second kappa shape index (κ2) is 7.14. The second-order valence-corrected chi connectivity index (χ2v) is 5.07. The number of amides is 1. The average molecular weight is 277 g/mol. The summed E-state index contributed by atoms with van der Waals surface area (Å²) in [6.45, 7) is 4.56. The van der Waals surface area contributed by atoms with Crippen molar-refractivity contribution in [2.75, 3.05) is 36.1 Å². The van der Waals surface area contributed by atoms with Crippen LogP contribution in [0.25, 0.3) is 0 Å². The van der Waals surface area contributed by atoms with Crippen molar-refractivity contribution in [2.24, 2.45) is 0 Å². The molecule has 2 rings (SSSR count). The van der Waals surface area contributed by atoms with Crippen LogP contribution in [0.3, 0.4) is 0 Å². The van der Waals surface area contributed by atoms with Crippen molar-refractivity contribution < 1.29 is 9.53 Å². The molecule has 0 atom stereocenters. The number of nitrogens with one attached hydrogen (secondary N) is 2. The first kappa shape index (κ1) is 14.7. The number of carbonyl (C=O) groups excluding carboxylic acids is 1. The molecule has 0 saturated carbocycles. The Kier molecular flexibility index (Phi) is 5.24. The Bertz CT molecular complexity index is 474. The zero-order valence-electron chi connectivity index (χ0n) is 12.0. The van der Waals surface area contributed by atoms with Gasteiger partial charge in [-0.15, -0.1) is 0 Å². The van der Waals surface area contributed by atoms with Gasteiger partial charge in [-0.2, -0.15) is 0 Å². The van der Waals surface area contributed by atoms with Crippen molar-refractivity contribution in [1.29, 1.82) is 0 Å². The standard InChI is InChI=1S/C15H23N3O2/c1-2-3-6-20-7-4-5-17-14-10-13-11(8-12(14)16)9-15(19)18-13/h8,10,17H,2-7,9,16H2,1H3,(H,18,19). The van der Waals surface area contributed by atoms with Crippen molar-refractivity contribution in [3.63, 3.8) is 0 Å². The van der Waals surface area contributed by atoms with Gasteiger partial charge in [0.2, 0.25) is 5.91 Å². The predicted molar refractivity (Wildman–Crippen MR) is 82.0 cm³/mol. The maximum atomic E-state index is 11.3. The van der Waals surface area contributed by atoms with E-state index < -0.39 is 0 Å². The number of nitrogens with two attached hydrogens (primary N) is 1. The molecule has 5 heteroatoms. The van der Waals surface area contributed by atoms with Gasteiger partial charge in [0.25, 0.3) is 0 Å². The van der Waals surface area contributed by atoms with Crippen LogP contribution in [0.15, 0.2) is 12.1 Å². The van der Waals surface area contributed by atoms with Crippen LogP contribution in [0.1, 0.15) is 31.7 Å². The van der Waals surface area contributed by atoms with Gasteiger partial charge >= 0.3 is 0 Å². The predicted octanol–water partition coefficient (Wildman–Crippen LogP) is 2.38. The first-order valence-electron chi connectivity index (χ1n) is 7.24. The van der Waals surface area contributed by atoms with E-state index in [1.807, 2.05) is 12.1 Å². The van der Waals surface area contributed by atoms with Crippen molar-refractivity contribution >= 4 is 23.0 Å². The van der Waals surface area contributed by atoms with Gasteiger partial charge in [-0.1, -0.05) is 13.3 Å². The molecule has 0 radical (unpaired) electrons. The lowest BCUT2D eigenvalue weighted by atomic mass is 10.1. The largest absolute Gasteiger partial charge is 0.397 e. The van der Waals surface area contributed by atoms with E-state index in [2.05, 4.69) is 17.6 Å². The van der Waals surface area contributed by atoms with E-state index in [0.29, 0.717) is 12.1 Å². The lowest BCUT2D eigenvalue weighted by Crippen LogP contribution is -2.08. The summed E-state index contributed by atoms with van der Waals surface area (Å²) in [5.74, 6) is 0.0286. The number of anilines is 3. The summed E-state index contributed by atoms with van der Waals surface area (Å²) in [4.78, 5) is 11.3. The van der Waals surface area contributed by atoms with Crippen molar-refractivity contribution in [1.82, 2.24) is 0 Å². The molecule has 0 aliphatic carbocycles. The number of fused-ring (bicyclic) bond motifs is 1. The Morgan fingerprint density at radius 2 is 2.15 bits per heavy atom. The number of rotatable bonds is 8. The normalized spacial score (nSPS) is 13.2. The molecule has 0 aromatic heterocycles. The van der Waals surface area contributed by atoms with Gasteiger partial charge in [0.1, 0.15) is 0 Å². The highest BCUT2D eigenvalue weighted by atomic mass is 16.5. The van der Waals surface area contributed by atoms with E-state index >= 15 is 0 Å². The zero-order valence-corrected chi connectivity index (χ0v) is 12.0. The van der Waals surface area contributed by atoms with Crippen LogP contribution in [0.2, 0.25) is 0 Å². The minimum atomic E-state index is 0.0286. The Morgan fingerprint density at radius 3 is 2.95 bits per heavy atom. The minimum Gasteiger partial charge on any atom is -0.397 e. The summed E-state index contributed by atoms with van der Waals surface area (Å²) < 4.78 is 5.50. The molecular weight excluding hydrogens is 254 g/mol. The number of ether oxygens (including phenoxy) is 1. The molecule has 1 aromatic rings. The van der Waals surface area contributed by atoms with E-state index in [9.17, 15) is 4.79 Å². The second-order valence-electron chi connectivity index (χ2n) is 5.07. The Hall–Kier alpha value is -1.75. The van der Waals surface area contributed by atoms with Gasteiger partial charge in [-0.3, -0.25) is 4.79 Å². The van der Waals surface area contributed by atoms with Crippen LogP contribution in [0.4, 0.5) is 17.1 Å². The summed E-state index contributed by atoms with van der Waals surface area (Å²) in [6.07, 6.45) is 3.64. The smallest absolute Gasteiger partial charge is 0.228 e. The molecule has 0 spiro atoms. The quantitative estimate of drug-likeness (QED) is 0.503. The molecular formula is C15H23N3O2. The molecule has 0 saturated heterocycles. The number of hydrogen-bond donors (Lipinski definition) is 3. The zero-order chi connectivity index (χ0) is 14.4. The fraction of sp³-hybridized carbons (Fsp3) is 0.533. The maximum absolute atomic E-state index is 11.3. The molecule has 4 N–H and O–H groups in total. The van der Waals surface area contributed by atoms with Crippen LogP contribution in [0.5, 0.6) is 0 Å². The molecule has 1 heterocycles. The molecule has 1 amide bonds. The summed E-state index contributed by atoms with van der Waals surface area (Å²) >= 11 is 0. The molecule has 1 aliphatic heterocycles. The number of benzene rings is 1. The van der Waals surface area contributed by atoms with E-state index in [4.69, 9.17) is 10.5 Å². The SMILES string of the molecule is CCCCOCCCNc1cc2c(cc1N)CC(=O)N2. The van der Waals surface area contributed by atoms with Gasteiger partial charge in [0, 0.05) is 25.4 Å². The van der Waals surface area contributed by atoms with E-state index in [-0.39, 0.29) is 5.91 Å². The molecule has 20 heavy (non-hydrogen) atoms. The first-order chi connectivity index (χ1) is 9.70. The molecule has 0 fully saturated rings. The van der Waals surface area contributed by atoms with Crippen molar-refractivity contribution in [3.05, 3.63) is 17.7 Å². The third kappa shape index (κ3) is 3.87. The molecule has 1 aromatic carbocycles. The van der Waals surface area contributed by atoms with Gasteiger partial charge < -0.3 is 21.1 Å². The molecule has 0 bridgehead atoms. The number of hydrogen-bond acceptors (Lipinski definition) is 4. The third-order valence-electron chi connectivity index (χ3n) is 3.32. The fourth-order valence-electron chi connectivity index (χ4n) is 2.19. The van der Waals surface area contributed by atoms with Gasteiger partial charge in [0.05, 0.1) is 17.8 Å². The van der Waals surface area contributed by atoms with E-state index in [0.717, 1.165) is 56.0 Å². The van der Waals surface area contributed by atoms with Crippen LogP contribution in [0, 0.1) is 0 Å². The lowest BCUT2D eigenvalue weighted by Gasteiger charge is -2.11. The maximum Gasteiger partial charge on any atom is 0.228 e. The summed E-state index contributed by atoms with van der Waals surface area (Å²) in [5, 5.41) is 6.12. The average Bonchev–Trinajstić information content (AvgIpc) is 2.77. The highest BCUT2D eigenvalue weighted by Gasteiger charge is 2.18. The van der Waals surface area contributed by atoms with E-state index in [1.54, 1.807) is 0 Å². The molecule has 0 unspecified atom stereocenters. The van der Waals surface area contributed by atoms with Crippen LogP contribution >= 0.6 is 0 Å². The molecule has 5 nitrogen and oxygen atoms in total. The van der Waals surface area contributed by atoms with Gasteiger partial charge in [0.15, 0.2) is 0 Å². The van der Waals surface area contributed by atoms with E-state index in [1.165, 1.54) is 0 Å². The lowest BCUT2D eigenvalue weighted by molar-refractivity contribution is -0.115. The van der Waals surface area contributed by atoms with Crippen LogP contribution in [-0.4, -0.2) is 25.7 Å². The highest BCUT2D eigenvalue weighted by Crippen LogP contribution is 2.31. The van der Waals surface area contributed by atoms with Gasteiger partial charge in [-0.25, -0.2) is 0 Å². The van der Waals surface area contributed by atoms with Crippen molar-refractivity contribution in [3.8, 4) is 0 Å². The van der Waals surface area contributed by atoms with Crippen LogP contribution < -0.4 is 16.4 Å². The topological polar surface area (TPSA) is 76.4 Å². The number of nitrogen functional groups attached to an aromatic ring is 1. The number of carbonyl (C=O) groups is 1. The van der Waals surface area contributed by atoms with Crippen LogP contribution in [-0.2, 0) is 16.0 Å². The summed E-state index contributed by atoms with van der Waals surface area (Å²) in [6, 6.07) is 3.78. The summed E-state index contributed by atoms with van der Waals surface area (Å²) in [5.41, 5.74) is 9.39. The third-order valence-corrected chi connectivity index (χ3v) is 3.32. The monoisotopic (exact) mass is 277 g/mol. The Labute approximate surface area is 119 Å².